The monoisotopic (exact) mass is 149 g/mol. The van der Waals surface area contributed by atoms with Crippen LogP contribution in [0, 0.1) is 0 Å². The van der Waals surface area contributed by atoms with Gasteiger partial charge >= 0.3 is 0 Å². The Labute approximate surface area is 65.7 Å². The Morgan fingerprint density at radius 2 is 2.09 bits per heavy atom. The van der Waals surface area contributed by atoms with Gasteiger partial charge in [0.05, 0.1) is 6.10 Å². The Balaban J connectivity index is 2.47. The molecule has 0 amide bonds. The van der Waals surface area contributed by atoms with Crippen LogP contribution < -0.4 is 5.73 Å². The first-order valence-electron chi connectivity index (χ1n) is 3.80. The van der Waals surface area contributed by atoms with Gasteiger partial charge in [0, 0.05) is 6.04 Å². The molecule has 1 aliphatic rings. The molecule has 0 aromatic heterocycles. The van der Waals surface area contributed by atoms with Crippen molar-refractivity contribution in [2.24, 2.45) is 5.73 Å². The predicted molar refractivity (Wildman–Crippen MR) is 43.1 cm³/mol. The fraction of sp³-hybridized carbons (Fsp3) is 0.333. The summed E-state index contributed by atoms with van der Waals surface area (Å²) >= 11 is 0. The molecule has 0 radical (unpaired) electrons. The van der Waals surface area contributed by atoms with Crippen molar-refractivity contribution >= 4 is 0 Å². The first-order chi connectivity index (χ1) is 5.29. The molecule has 0 fully saturated rings. The highest BCUT2D eigenvalue weighted by Gasteiger charge is 2.26. The van der Waals surface area contributed by atoms with Crippen molar-refractivity contribution in [1.82, 2.24) is 0 Å². The first kappa shape index (κ1) is 6.83. The molecule has 0 aliphatic heterocycles. The fourth-order valence-electron chi connectivity index (χ4n) is 1.60. The number of fused-ring (bicyclic) bond motifs is 1. The molecule has 0 saturated heterocycles. The minimum absolute atomic E-state index is 0.104. The second kappa shape index (κ2) is 2.32. The van der Waals surface area contributed by atoms with Gasteiger partial charge in [-0.15, -0.1) is 0 Å². The van der Waals surface area contributed by atoms with Crippen LogP contribution in [-0.2, 0) is 6.42 Å². The van der Waals surface area contributed by atoms with Crippen LogP contribution in [0.25, 0.3) is 0 Å². The van der Waals surface area contributed by atoms with Crippen LogP contribution in [0.15, 0.2) is 24.3 Å². The normalized spacial score (nSPS) is 28.5. The molecule has 2 nitrogen and oxygen atoms in total. The molecule has 0 saturated carbocycles. The molecular weight excluding hydrogens is 138 g/mol. The lowest BCUT2D eigenvalue weighted by Crippen LogP contribution is -2.24. The molecule has 0 spiro atoms. The van der Waals surface area contributed by atoms with Gasteiger partial charge in [0.2, 0.25) is 0 Å². The second-order valence-electron chi connectivity index (χ2n) is 3.01. The Bertz CT molecular complexity index is 272. The highest BCUT2D eigenvalue weighted by Crippen LogP contribution is 2.29. The molecule has 0 heterocycles. The molecule has 0 bridgehead atoms. The maximum Gasteiger partial charge on any atom is 0.0946 e. The van der Waals surface area contributed by atoms with Gasteiger partial charge in [0.15, 0.2) is 0 Å². The van der Waals surface area contributed by atoms with Crippen LogP contribution in [0.4, 0.5) is 0 Å². The van der Waals surface area contributed by atoms with Crippen LogP contribution >= 0.6 is 0 Å². The lowest BCUT2D eigenvalue weighted by Gasteiger charge is -2.07. The number of rotatable bonds is 0. The molecule has 2 rings (SSSR count). The number of hydrogen-bond donors (Lipinski definition) is 2. The van der Waals surface area contributed by atoms with Crippen LogP contribution in [0.2, 0.25) is 0 Å². The smallest absolute Gasteiger partial charge is 0.0946 e. The number of hydrogen-bond acceptors (Lipinski definition) is 2. The molecule has 11 heavy (non-hydrogen) atoms. The number of aliphatic hydroxyl groups excluding tert-OH is 1. The van der Waals surface area contributed by atoms with Crippen LogP contribution in [-0.4, -0.2) is 11.1 Å². The number of aliphatic hydroxyl groups is 1. The quantitative estimate of drug-likeness (QED) is 0.567. The van der Waals surface area contributed by atoms with E-state index in [0.29, 0.717) is 0 Å². The standard InChI is InChI=1S/C9H11NO/c10-8-5-6-3-1-2-4-7(6)9(8)11/h1-4,8-9,11H,5,10H2/t8-,9-/m1/s1. The van der Waals surface area contributed by atoms with Gasteiger partial charge in [0.25, 0.3) is 0 Å². The molecule has 1 aromatic rings. The zero-order chi connectivity index (χ0) is 7.84. The molecule has 2 atom stereocenters. The summed E-state index contributed by atoms with van der Waals surface area (Å²) in [6, 6.07) is 7.76. The SMILES string of the molecule is N[C@@H]1Cc2ccccc2[C@H]1O. The summed E-state index contributed by atoms with van der Waals surface area (Å²) in [7, 11) is 0. The average Bonchev–Trinajstić information content (AvgIpc) is 2.30. The van der Waals surface area contributed by atoms with E-state index < -0.39 is 6.10 Å². The molecule has 1 aliphatic carbocycles. The van der Waals surface area contributed by atoms with Crippen molar-refractivity contribution in [3.63, 3.8) is 0 Å². The highest BCUT2D eigenvalue weighted by molar-refractivity contribution is 5.35. The highest BCUT2D eigenvalue weighted by atomic mass is 16.3. The van der Waals surface area contributed by atoms with E-state index in [1.54, 1.807) is 0 Å². The zero-order valence-electron chi connectivity index (χ0n) is 6.20. The topological polar surface area (TPSA) is 46.2 Å². The van der Waals surface area contributed by atoms with Gasteiger partial charge in [0.1, 0.15) is 0 Å². The third kappa shape index (κ3) is 0.951. The van der Waals surface area contributed by atoms with Crippen LogP contribution in [0.1, 0.15) is 17.2 Å². The van der Waals surface area contributed by atoms with Gasteiger partial charge < -0.3 is 10.8 Å². The zero-order valence-corrected chi connectivity index (χ0v) is 6.20. The molecule has 58 valence electrons. The Morgan fingerprint density at radius 1 is 1.36 bits per heavy atom. The summed E-state index contributed by atoms with van der Waals surface area (Å²) in [5.74, 6) is 0. The molecule has 3 N–H and O–H groups in total. The number of nitrogens with two attached hydrogens (primary N) is 1. The van der Waals surface area contributed by atoms with Gasteiger partial charge in [-0.2, -0.15) is 0 Å². The van der Waals surface area contributed by atoms with Crippen molar-refractivity contribution in [2.75, 3.05) is 0 Å². The van der Waals surface area contributed by atoms with Gasteiger partial charge in [-0.1, -0.05) is 24.3 Å². The Morgan fingerprint density at radius 3 is 2.82 bits per heavy atom. The van der Waals surface area contributed by atoms with Crippen molar-refractivity contribution in [3.05, 3.63) is 35.4 Å². The summed E-state index contributed by atoms with van der Waals surface area (Å²) in [5, 5.41) is 9.52. The molecule has 0 unspecified atom stereocenters. The molecule has 1 aromatic carbocycles. The van der Waals surface area contributed by atoms with Crippen LogP contribution in [0.5, 0.6) is 0 Å². The summed E-state index contributed by atoms with van der Waals surface area (Å²) in [6.45, 7) is 0. The Hall–Kier alpha value is -0.860. The fourth-order valence-corrected chi connectivity index (χ4v) is 1.60. The van der Waals surface area contributed by atoms with Crippen molar-refractivity contribution in [3.8, 4) is 0 Å². The minimum Gasteiger partial charge on any atom is -0.387 e. The van der Waals surface area contributed by atoms with Gasteiger partial charge in [-0.3, -0.25) is 0 Å². The summed E-state index contributed by atoms with van der Waals surface area (Å²) in [4.78, 5) is 0. The third-order valence-electron chi connectivity index (χ3n) is 2.23. The predicted octanol–water partition coefficient (Wildman–Crippen LogP) is 0.603. The van der Waals surface area contributed by atoms with E-state index in [9.17, 15) is 5.11 Å². The van der Waals surface area contributed by atoms with Gasteiger partial charge in [-0.25, -0.2) is 0 Å². The summed E-state index contributed by atoms with van der Waals surface area (Å²) in [6.07, 6.45) is 0.350. The first-order valence-corrected chi connectivity index (χ1v) is 3.80. The van der Waals surface area contributed by atoms with E-state index in [2.05, 4.69) is 0 Å². The third-order valence-corrected chi connectivity index (χ3v) is 2.23. The average molecular weight is 149 g/mol. The van der Waals surface area contributed by atoms with E-state index in [1.807, 2.05) is 24.3 Å². The lowest BCUT2D eigenvalue weighted by atomic mass is 10.1. The van der Waals surface area contributed by atoms with Crippen molar-refractivity contribution < 1.29 is 5.11 Å². The van der Waals surface area contributed by atoms with E-state index in [1.165, 1.54) is 5.56 Å². The van der Waals surface area contributed by atoms with E-state index in [0.717, 1.165) is 12.0 Å². The van der Waals surface area contributed by atoms with E-state index >= 15 is 0 Å². The second-order valence-corrected chi connectivity index (χ2v) is 3.01. The largest absolute Gasteiger partial charge is 0.387 e. The van der Waals surface area contributed by atoms with E-state index in [-0.39, 0.29) is 6.04 Å². The van der Waals surface area contributed by atoms with Crippen molar-refractivity contribution in [2.45, 2.75) is 18.6 Å². The summed E-state index contributed by atoms with van der Waals surface area (Å²) in [5.41, 5.74) is 7.87. The van der Waals surface area contributed by atoms with Crippen LogP contribution in [0.3, 0.4) is 0 Å². The maximum atomic E-state index is 9.52. The number of benzene rings is 1. The van der Waals surface area contributed by atoms with Crippen molar-refractivity contribution in [1.29, 1.82) is 0 Å². The lowest BCUT2D eigenvalue weighted by molar-refractivity contribution is 0.159. The molecule has 2 heteroatoms. The van der Waals surface area contributed by atoms with E-state index in [4.69, 9.17) is 5.73 Å². The minimum atomic E-state index is -0.453. The summed E-state index contributed by atoms with van der Waals surface area (Å²) < 4.78 is 0. The van der Waals surface area contributed by atoms with Gasteiger partial charge in [-0.05, 0) is 17.5 Å². The molecular formula is C9H11NO. The maximum absolute atomic E-state index is 9.52. The Kier molecular flexibility index (Phi) is 1.44.